The number of benzene rings is 1. The molecule has 0 saturated carbocycles. The molecule has 5 nitrogen and oxygen atoms in total. The molecule has 0 aliphatic rings. The lowest BCUT2D eigenvalue weighted by Gasteiger charge is -2.07. The number of para-hydroxylation sites is 1. The SMILES string of the molecule is CCCC(C)c1cc(C(=O)OC)c(NC(=O)Nc2ccccc2)s1. The van der Waals surface area contributed by atoms with Gasteiger partial charge in [-0.15, -0.1) is 11.3 Å². The lowest BCUT2D eigenvalue weighted by atomic mass is 10.0. The zero-order valence-electron chi connectivity index (χ0n) is 14.1. The quantitative estimate of drug-likeness (QED) is 0.717. The number of esters is 1. The standard InChI is InChI=1S/C18H22N2O3S/c1-4-8-12(2)15-11-14(17(21)23-3)16(24-15)20-18(22)19-13-9-6-5-7-10-13/h5-7,9-12H,4,8H2,1-3H3,(H2,19,20,22). The van der Waals surface area contributed by atoms with Gasteiger partial charge in [0.05, 0.1) is 12.7 Å². The van der Waals surface area contributed by atoms with Gasteiger partial charge in [-0.25, -0.2) is 9.59 Å². The van der Waals surface area contributed by atoms with Crippen LogP contribution in [-0.2, 0) is 4.74 Å². The van der Waals surface area contributed by atoms with Crippen LogP contribution >= 0.6 is 11.3 Å². The molecule has 1 aromatic heterocycles. The zero-order chi connectivity index (χ0) is 17.5. The van der Waals surface area contributed by atoms with E-state index in [1.165, 1.54) is 18.4 Å². The Bertz CT molecular complexity index is 698. The van der Waals surface area contributed by atoms with Crippen molar-refractivity contribution in [2.24, 2.45) is 0 Å². The Morgan fingerprint density at radius 2 is 1.92 bits per heavy atom. The van der Waals surface area contributed by atoms with Gasteiger partial charge in [-0.05, 0) is 30.5 Å². The van der Waals surface area contributed by atoms with Crippen LogP contribution in [0.5, 0.6) is 0 Å². The smallest absolute Gasteiger partial charge is 0.340 e. The second-order valence-corrected chi connectivity index (χ2v) is 6.60. The maximum atomic E-state index is 12.2. The van der Waals surface area contributed by atoms with Crippen molar-refractivity contribution in [3.63, 3.8) is 0 Å². The minimum Gasteiger partial charge on any atom is -0.465 e. The van der Waals surface area contributed by atoms with Crippen molar-refractivity contribution >= 4 is 34.0 Å². The highest BCUT2D eigenvalue weighted by Crippen LogP contribution is 2.35. The molecule has 0 saturated heterocycles. The van der Waals surface area contributed by atoms with E-state index in [1.54, 1.807) is 12.1 Å². The number of rotatable bonds is 6. The van der Waals surface area contributed by atoms with Gasteiger partial charge in [-0.3, -0.25) is 5.32 Å². The fraction of sp³-hybridized carbons (Fsp3) is 0.333. The fourth-order valence-corrected chi connectivity index (χ4v) is 3.50. The fourth-order valence-electron chi connectivity index (χ4n) is 2.37. The molecule has 1 atom stereocenters. The number of thiophene rings is 1. The van der Waals surface area contributed by atoms with Crippen LogP contribution in [0.1, 0.15) is 47.8 Å². The Balaban J connectivity index is 2.17. The second-order valence-electron chi connectivity index (χ2n) is 5.52. The van der Waals surface area contributed by atoms with Gasteiger partial charge in [0.1, 0.15) is 5.00 Å². The maximum Gasteiger partial charge on any atom is 0.340 e. The van der Waals surface area contributed by atoms with Crippen LogP contribution in [0.3, 0.4) is 0 Å². The van der Waals surface area contributed by atoms with Crippen molar-refractivity contribution in [2.45, 2.75) is 32.6 Å². The Labute approximate surface area is 146 Å². The number of amides is 2. The van der Waals surface area contributed by atoms with E-state index in [0.717, 1.165) is 17.7 Å². The van der Waals surface area contributed by atoms with E-state index >= 15 is 0 Å². The molecule has 0 radical (unpaired) electrons. The zero-order valence-corrected chi connectivity index (χ0v) is 14.9. The lowest BCUT2D eigenvalue weighted by molar-refractivity contribution is 0.0602. The van der Waals surface area contributed by atoms with E-state index < -0.39 is 5.97 Å². The molecule has 1 unspecified atom stereocenters. The Hall–Kier alpha value is -2.34. The van der Waals surface area contributed by atoms with Gasteiger partial charge in [0, 0.05) is 10.6 Å². The summed E-state index contributed by atoms with van der Waals surface area (Å²) in [6.07, 6.45) is 2.08. The second kappa shape index (κ2) is 8.49. The molecule has 0 spiro atoms. The van der Waals surface area contributed by atoms with Gasteiger partial charge in [0.15, 0.2) is 0 Å². The topological polar surface area (TPSA) is 67.4 Å². The van der Waals surface area contributed by atoms with Crippen molar-refractivity contribution < 1.29 is 14.3 Å². The predicted octanol–water partition coefficient (Wildman–Crippen LogP) is 5.08. The molecule has 1 aromatic carbocycles. The molecule has 2 aromatic rings. The third kappa shape index (κ3) is 4.58. The van der Waals surface area contributed by atoms with Crippen molar-refractivity contribution in [3.05, 3.63) is 46.8 Å². The van der Waals surface area contributed by atoms with Crippen LogP contribution < -0.4 is 10.6 Å². The third-order valence-corrected chi connectivity index (χ3v) is 4.90. The van der Waals surface area contributed by atoms with Gasteiger partial charge in [-0.2, -0.15) is 0 Å². The molecule has 6 heteroatoms. The molecule has 2 rings (SSSR count). The number of methoxy groups -OCH3 is 1. The van der Waals surface area contributed by atoms with Crippen LogP contribution in [0.4, 0.5) is 15.5 Å². The van der Waals surface area contributed by atoms with Crippen LogP contribution in [0.2, 0.25) is 0 Å². The summed E-state index contributed by atoms with van der Waals surface area (Å²) in [5.41, 5.74) is 1.08. The summed E-state index contributed by atoms with van der Waals surface area (Å²) in [5, 5.41) is 6.01. The average molecular weight is 346 g/mol. The van der Waals surface area contributed by atoms with Crippen molar-refractivity contribution in [3.8, 4) is 0 Å². The summed E-state index contributed by atoms with van der Waals surface area (Å²) in [6.45, 7) is 4.24. The van der Waals surface area contributed by atoms with Gasteiger partial charge < -0.3 is 10.1 Å². The number of anilines is 2. The van der Waals surface area contributed by atoms with Gasteiger partial charge in [0.25, 0.3) is 0 Å². The first kappa shape index (κ1) is 18.0. The summed E-state index contributed by atoms with van der Waals surface area (Å²) in [7, 11) is 1.34. The normalized spacial score (nSPS) is 11.6. The summed E-state index contributed by atoms with van der Waals surface area (Å²) in [5.74, 6) is -0.118. The molecular weight excluding hydrogens is 324 g/mol. The number of nitrogens with one attached hydrogen (secondary N) is 2. The van der Waals surface area contributed by atoms with E-state index in [0.29, 0.717) is 22.2 Å². The Morgan fingerprint density at radius 1 is 1.21 bits per heavy atom. The monoisotopic (exact) mass is 346 g/mol. The Morgan fingerprint density at radius 3 is 2.54 bits per heavy atom. The minimum atomic E-state index is -0.448. The first-order valence-electron chi connectivity index (χ1n) is 7.90. The molecule has 0 aliphatic heterocycles. The third-order valence-electron chi connectivity index (χ3n) is 3.62. The number of ether oxygens (including phenoxy) is 1. The molecular formula is C18H22N2O3S. The first-order valence-corrected chi connectivity index (χ1v) is 8.71. The number of urea groups is 1. The Kier molecular flexibility index (Phi) is 6.37. The molecule has 0 fully saturated rings. The number of hydrogen-bond acceptors (Lipinski definition) is 4. The predicted molar refractivity (Wildman–Crippen MR) is 98.1 cm³/mol. The van der Waals surface area contributed by atoms with E-state index in [1.807, 2.05) is 24.3 Å². The lowest BCUT2D eigenvalue weighted by Crippen LogP contribution is -2.20. The largest absolute Gasteiger partial charge is 0.465 e. The molecule has 1 heterocycles. The number of carbonyl (C=O) groups excluding carboxylic acids is 2. The summed E-state index contributed by atoms with van der Waals surface area (Å²) < 4.78 is 4.83. The molecule has 0 aliphatic carbocycles. The van der Waals surface area contributed by atoms with Crippen molar-refractivity contribution in [1.82, 2.24) is 0 Å². The van der Waals surface area contributed by atoms with E-state index in [9.17, 15) is 9.59 Å². The van der Waals surface area contributed by atoms with E-state index in [-0.39, 0.29) is 6.03 Å². The molecule has 0 bridgehead atoms. The van der Waals surface area contributed by atoms with E-state index in [2.05, 4.69) is 24.5 Å². The molecule has 2 amide bonds. The van der Waals surface area contributed by atoms with Crippen LogP contribution in [-0.4, -0.2) is 19.1 Å². The van der Waals surface area contributed by atoms with Gasteiger partial charge in [0.2, 0.25) is 0 Å². The highest BCUT2D eigenvalue weighted by atomic mass is 32.1. The first-order chi connectivity index (χ1) is 11.5. The highest BCUT2D eigenvalue weighted by molar-refractivity contribution is 7.16. The van der Waals surface area contributed by atoms with Crippen LogP contribution in [0.15, 0.2) is 36.4 Å². The van der Waals surface area contributed by atoms with Gasteiger partial charge >= 0.3 is 12.0 Å². The minimum absolute atomic E-state index is 0.330. The summed E-state index contributed by atoms with van der Waals surface area (Å²) in [4.78, 5) is 25.2. The molecule has 2 N–H and O–H groups in total. The van der Waals surface area contributed by atoms with E-state index in [4.69, 9.17) is 4.74 Å². The van der Waals surface area contributed by atoms with Crippen molar-refractivity contribution in [1.29, 1.82) is 0 Å². The number of carbonyl (C=O) groups is 2. The molecule has 128 valence electrons. The van der Waals surface area contributed by atoms with Gasteiger partial charge in [-0.1, -0.05) is 38.5 Å². The summed E-state index contributed by atoms with van der Waals surface area (Å²) in [6, 6.07) is 10.6. The van der Waals surface area contributed by atoms with Crippen LogP contribution in [0.25, 0.3) is 0 Å². The van der Waals surface area contributed by atoms with Crippen molar-refractivity contribution in [2.75, 3.05) is 17.7 Å². The highest BCUT2D eigenvalue weighted by Gasteiger charge is 2.20. The molecule has 24 heavy (non-hydrogen) atoms. The average Bonchev–Trinajstić information content (AvgIpc) is 2.99. The maximum absolute atomic E-state index is 12.2. The summed E-state index contributed by atoms with van der Waals surface area (Å²) >= 11 is 1.42. The number of hydrogen-bond donors (Lipinski definition) is 2. The van der Waals surface area contributed by atoms with Crippen LogP contribution in [0, 0.1) is 0 Å².